The van der Waals surface area contributed by atoms with Crippen LogP contribution in [0.2, 0.25) is 0 Å². The minimum atomic E-state index is -0.244. The Labute approximate surface area is 108 Å². The molecule has 1 N–H and O–H groups in total. The maximum absolute atomic E-state index is 13.3. The molecule has 0 fully saturated rings. The van der Waals surface area contributed by atoms with Gasteiger partial charge in [0, 0.05) is 17.4 Å². The maximum atomic E-state index is 13.3. The van der Waals surface area contributed by atoms with Crippen LogP contribution in [0.25, 0.3) is 0 Å². The predicted octanol–water partition coefficient (Wildman–Crippen LogP) is 2.57. The van der Waals surface area contributed by atoms with E-state index in [-0.39, 0.29) is 11.7 Å². The molecule has 0 aliphatic carbocycles. The molecule has 0 aliphatic rings. The molecule has 1 aromatic rings. The molecule has 1 aromatic carbocycles. The summed E-state index contributed by atoms with van der Waals surface area (Å²) in [4.78, 5) is 11.1. The zero-order valence-corrected chi connectivity index (χ0v) is 11.2. The Morgan fingerprint density at radius 3 is 2.94 bits per heavy atom. The van der Waals surface area contributed by atoms with Gasteiger partial charge in [0.25, 0.3) is 0 Å². The largest absolute Gasteiger partial charge is 0.356 e. The van der Waals surface area contributed by atoms with E-state index in [0.29, 0.717) is 30.7 Å². The van der Waals surface area contributed by atoms with Crippen molar-refractivity contribution in [1.29, 1.82) is 0 Å². The summed E-state index contributed by atoms with van der Waals surface area (Å²) in [6.07, 6.45) is 0.883. The number of rotatable bonds is 5. The van der Waals surface area contributed by atoms with E-state index in [4.69, 9.17) is 0 Å². The maximum Gasteiger partial charge on any atom is 0.220 e. The van der Waals surface area contributed by atoms with Crippen molar-refractivity contribution in [2.45, 2.75) is 12.8 Å². The van der Waals surface area contributed by atoms with Gasteiger partial charge in [0.15, 0.2) is 0 Å². The summed E-state index contributed by atoms with van der Waals surface area (Å²) in [5, 5.41) is 2.71. The van der Waals surface area contributed by atoms with E-state index >= 15 is 0 Å². The highest BCUT2D eigenvalue weighted by Crippen LogP contribution is 2.15. The first-order chi connectivity index (χ1) is 7.63. The van der Waals surface area contributed by atoms with Crippen LogP contribution in [0.1, 0.15) is 12.0 Å². The third-order valence-electron chi connectivity index (χ3n) is 2.06. The Morgan fingerprint density at radius 2 is 2.25 bits per heavy atom. The molecule has 2 nitrogen and oxygen atoms in total. The van der Waals surface area contributed by atoms with Crippen LogP contribution in [-0.4, -0.2) is 18.2 Å². The molecule has 1 rings (SSSR count). The van der Waals surface area contributed by atoms with Gasteiger partial charge in [0.1, 0.15) is 5.82 Å². The van der Waals surface area contributed by atoms with Gasteiger partial charge in [-0.2, -0.15) is 12.6 Å². The molecule has 0 heterocycles. The van der Waals surface area contributed by atoms with Crippen LogP contribution < -0.4 is 5.32 Å². The summed E-state index contributed by atoms with van der Waals surface area (Å²) in [6, 6.07) is 4.79. The highest BCUT2D eigenvalue weighted by atomic mass is 79.9. The van der Waals surface area contributed by atoms with Crippen LogP contribution in [-0.2, 0) is 11.2 Å². The monoisotopic (exact) mass is 305 g/mol. The summed E-state index contributed by atoms with van der Waals surface area (Å²) in [7, 11) is 0. The topological polar surface area (TPSA) is 29.1 Å². The van der Waals surface area contributed by atoms with E-state index < -0.39 is 0 Å². The summed E-state index contributed by atoms with van der Waals surface area (Å²) in [6.45, 7) is 0.444. The Bertz CT molecular complexity index is 373. The molecule has 5 heteroatoms. The normalized spacial score (nSPS) is 10.2. The van der Waals surface area contributed by atoms with Gasteiger partial charge in [-0.1, -0.05) is 15.9 Å². The molecule has 0 atom stereocenters. The van der Waals surface area contributed by atoms with Gasteiger partial charge in [-0.05, 0) is 35.9 Å². The van der Waals surface area contributed by atoms with Crippen molar-refractivity contribution in [3.8, 4) is 0 Å². The number of thiol groups is 1. The third kappa shape index (κ3) is 4.53. The van der Waals surface area contributed by atoms with Gasteiger partial charge in [0.05, 0.1) is 0 Å². The number of hydrogen-bond acceptors (Lipinski definition) is 2. The average Bonchev–Trinajstić information content (AvgIpc) is 2.23. The fourth-order valence-corrected chi connectivity index (χ4v) is 1.87. The molecule has 0 radical (unpaired) electrons. The number of carbonyl (C=O) groups is 1. The predicted molar refractivity (Wildman–Crippen MR) is 69.3 cm³/mol. The molecule has 0 unspecified atom stereocenters. The lowest BCUT2D eigenvalue weighted by atomic mass is 10.1. The van der Waals surface area contributed by atoms with E-state index in [1.165, 1.54) is 6.07 Å². The first-order valence-electron chi connectivity index (χ1n) is 4.95. The van der Waals surface area contributed by atoms with Crippen molar-refractivity contribution in [3.63, 3.8) is 0 Å². The van der Waals surface area contributed by atoms with Gasteiger partial charge >= 0.3 is 0 Å². The van der Waals surface area contributed by atoms with Gasteiger partial charge in [-0.15, -0.1) is 0 Å². The first kappa shape index (κ1) is 13.5. The van der Waals surface area contributed by atoms with Crippen LogP contribution >= 0.6 is 28.6 Å². The van der Waals surface area contributed by atoms with E-state index in [2.05, 4.69) is 33.9 Å². The average molecular weight is 306 g/mol. The molecule has 0 aliphatic heterocycles. The summed E-state index contributed by atoms with van der Waals surface area (Å²) in [5.74, 6) is 0.230. The van der Waals surface area contributed by atoms with Crippen molar-refractivity contribution in [2.24, 2.45) is 0 Å². The number of halogens is 2. The molecule has 0 saturated heterocycles. The number of amides is 1. The number of carbonyl (C=O) groups excluding carboxylic acids is 1. The molecular weight excluding hydrogens is 293 g/mol. The second-order valence-electron chi connectivity index (χ2n) is 3.31. The fraction of sp³-hybridized carbons (Fsp3) is 0.364. The van der Waals surface area contributed by atoms with Gasteiger partial charge in [-0.3, -0.25) is 4.79 Å². The zero-order chi connectivity index (χ0) is 12.0. The molecule has 16 heavy (non-hydrogen) atoms. The molecule has 0 aromatic heterocycles. The van der Waals surface area contributed by atoms with E-state index in [1.807, 2.05) is 0 Å². The second-order valence-corrected chi connectivity index (χ2v) is 4.67. The van der Waals surface area contributed by atoms with Crippen molar-refractivity contribution < 1.29 is 9.18 Å². The van der Waals surface area contributed by atoms with Crippen LogP contribution in [0.15, 0.2) is 22.7 Å². The lowest BCUT2D eigenvalue weighted by Crippen LogP contribution is -2.25. The fourth-order valence-electron chi connectivity index (χ4n) is 1.26. The highest BCUT2D eigenvalue weighted by Gasteiger charge is 2.04. The Morgan fingerprint density at radius 1 is 1.50 bits per heavy atom. The molecule has 1 amide bonds. The van der Waals surface area contributed by atoms with Gasteiger partial charge < -0.3 is 5.32 Å². The van der Waals surface area contributed by atoms with Crippen molar-refractivity contribution in [1.82, 2.24) is 5.32 Å². The van der Waals surface area contributed by atoms with Gasteiger partial charge in [-0.25, -0.2) is 4.39 Å². The summed E-state index contributed by atoms with van der Waals surface area (Å²) in [5.41, 5.74) is 0.598. The minimum Gasteiger partial charge on any atom is -0.356 e. The van der Waals surface area contributed by atoms with E-state index in [0.717, 1.165) is 4.47 Å². The highest BCUT2D eigenvalue weighted by molar-refractivity contribution is 9.10. The lowest BCUT2D eigenvalue weighted by molar-refractivity contribution is -0.120. The Hall–Kier alpha value is -0.550. The van der Waals surface area contributed by atoms with Crippen molar-refractivity contribution >= 4 is 34.5 Å². The van der Waals surface area contributed by atoms with Crippen molar-refractivity contribution in [3.05, 3.63) is 34.1 Å². The van der Waals surface area contributed by atoms with Crippen LogP contribution in [0.3, 0.4) is 0 Å². The molecule has 88 valence electrons. The van der Waals surface area contributed by atoms with Crippen LogP contribution in [0, 0.1) is 5.82 Å². The standard InChI is InChI=1S/C11H13BrFNOS/c12-9-1-2-10(13)8(7-9)3-5-14-11(15)4-6-16/h1-2,7,16H,3-6H2,(H,14,15). The third-order valence-corrected chi connectivity index (χ3v) is 2.78. The van der Waals surface area contributed by atoms with E-state index in [9.17, 15) is 9.18 Å². The molecule has 0 saturated carbocycles. The Balaban J connectivity index is 2.42. The minimum absolute atomic E-state index is 0.0506. The second kappa shape index (κ2) is 6.91. The van der Waals surface area contributed by atoms with Crippen LogP contribution in [0.5, 0.6) is 0 Å². The lowest BCUT2D eigenvalue weighted by Gasteiger charge is -2.05. The number of nitrogens with one attached hydrogen (secondary N) is 1. The SMILES string of the molecule is O=C(CCS)NCCc1cc(Br)ccc1F. The smallest absolute Gasteiger partial charge is 0.220 e. The molecule has 0 spiro atoms. The summed E-state index contributed by atoms with van der Waals surface area (Å²) >= 11 is 7.23. The van der Waals surface area contributed by atoms with Gasteiger partial charge in [0.2, 0.25) is 5.91 Å². The van der Waals surface area contributed by atoms with Crippen molar-refractivity contribution in [2.75, 3.05) is 12.3 Å². The van der Waals surface area contributed by atoms with Crippen LogP contribution in [0.4, 0.5) is 4.39 Å². The zero-order valence-electron chi connectivity index (χ0n) is 8.67. The molecular formula is C11H13BrFNOS. The number of benzene rings is 1. The Kier molecular flexibility index (Phi) is 5.84. The molecule has 0 bridgehead atoms. The van der Waals surface area contributed by atoms with E-state index in [1.54, 1.807) is 12.1 Å². The quantitative estimate of drug-likeness (QED) is 0.804. The summed E-state index contributed by atoms with van der Waals surface area (Å²) < 4.78 is 14.1. The number of hydrogen-bond donors (Lipinski definition) is 2. The first-order valence-corrected chi connectivity index (χ1v) is 6.37.